The minimum Gasteiger partial charge on any atom is -0.462 e. The summed E-state index contributed by atoms with van der Waals surface area (Å²) in [6.07, 6.45) is 4.49. The molecule has 0 atom stereocenters. The second kappa shape index (κ2) is 6.23. The lowest BCUT2D eigenvalue weighted by Crippen LogP contribution is -2.19. The number of ether oxygens (including phenoxy) is 1. The van der Waals surface area contributed by atoms with Crippen LogP contribution in [0.5, 0.6) is 0 Å². The van der Waals surface area contributed by atoms with Gasteiger partial charge in [0.25, 0.3) is 0 Å². The minimum atomic E-state index is -0.683. The number of nitriles is 1. The zero-order valence-electron chi connectivity index (χ0n) is 9.62. The van der Waals surface area contributed by atoms with Gasteiger partial charge in [0.15, 0.2) is 5.57 Å². The number of aryl methyl sites for hydroxylation is 1. The normalized spacial score (nSPS) is 12.1. The highest BCUT2D eigenvalue weighted by molar-refractivity contribution is 5.92. The summed E-state index contributed by atoms with van der Waals surface area (Å²) in [6.45, 7) is 1.89. The Morgan fingerprint density at radius 3 is 3.12 bits per heavy atom. The summed E-state index contributed by atoms with van der Waals surface area (Å²) in [5.41, 5.74) is 0.238. The Morgan fingerprint density at radius 2 is 2.53 bits per heavy atom. The highest BCUT2D eigenvalue weighted by Gasteiger charge is 2.08. The fraction of sp³-hybridized carbons (Fsp3) is 0.273. The first kappa shape index (κ1) is 12.6. The molecule has 1 aromatic heterocycles. The summed E-state index contributed by atoms with van der Waals surface area (Å²) in [7, 11) is 1.76. The lowest BCUT2D eigenvalue weighted by atomic mass is 10.3. The topological polar surface area (TPSA) is 80.3 Å². The molecule has 0 radical (unpaired) electrons. The number of carbonyl (C=O) groups is 1. The lowest BCUT2D eigenvalue weighted by molar-refractivity contribution is -0.138. The van der Waals surface area contributed by atoms with Gasteiger partial charge in [-0.25, -0.2) is 14.8 Å². The van der Waals surface area contributed by atoms with Crippen LogP contribution in [0.15, 0.2) is 35.2 Å². The van der Waals surface area contributed by atoms with Gasteiger partial charge in [-0.3, -0.25) is 0 Å². The van der Waals surface area contributed by atoms with Crippen LogP contribution in [0.1, 0.15) is 6.92 Å². The van der Waals surface area contributed by atoms with Crippen LogP contribution in [0.3, 0.4) is 0 Å². The molecule has 88 valence electrons. The quantitative estimate of drug-likeness (QED) is 0.426. The first-order valence-electron chi connectivity index (χ1n) is 4.98. The Labute approximate surface area is 98.5 Å². The van der Waals surface area contributed by atoms with E-state index in [1.807, 2.05) is 0 Å². The zero-order chi connectivity index (χ0) is 12.7. The highest BCUT2D eigenvalue weighted by atomic mass is 16.5. The molecule has 0 aliphatic heterocycles. The Bertz CT molecular complexity index is 537. The predicted octanol–water partition coefficient (Wildman–Crippen LogP) is 0.291. The van der Waals surface area contributed by atoms with Gasteiger partial charge in [-0.1, -0.05) is 0 Å². The third-order valence-corrected chi connectivity index (χ3v) is 1.83. The largest absolute Gasteiger partial charge is 0.462 e. The maximum Gasteiger partial charge on any atom is 0.350 e. The van der Waals surface area contributed by atoms with Gasteiger partial charge in [0, 0.05) is 19.4 Å². The van der Waals surface area contributed by atoms with E-state index in [9.17, 15) is 4.79 Å². The first-order chi connectivity index (χ1) is 8.19. The molecule has 1 aromatic rings. The van der Waals surface area contributed by atoms with Crippen molar-refractivity contribution in [2.45, 2.75) is 6.92 Å². The average molecular weight is 232 g/mol. The third-order valence-electron chi connectivity index (χ3n) is 1.83. The van der Waals surface area contributed by atoms with E-state index in [-0.39, 0.29) is 12.2 Å². The summed E-state index contributed by atoms with van der Waals surface area (Å²) >= 11 is 0. The van der Waals surface area contributed by atoms with Gasteiger partial charge < -0.3 is 9.30 Å². The molecule has 6 heteroatoms. The summed E-state index contributed by atoms with van der Waals surface area (Å²) in [6, 6.07) is 3.48. The van der Waals surface area contributed by atoms with E-state index in [4.69, 9.17) is 10.00 Å². The Morgan fingerprint density at radius 1 is 1.76 bits per heavy atom. The van der Waals surface area contributed by atoms with Crippen molar-refractivity contribution in [2.24, 2.45) is 12.0 Å². The van der Waals surface area contributed by atoms with Crippen LogP contribution in [-0.4, -0.2) is 22.1 Å². The van der Waals surface area contributed by atoms with Crippen LogP contribution < -0.4 is 5.62 Å². The Hall–Kier alpha value is -2.42. The van der Waals surface area contributed by atoms with E-state index in [1.54, 1.807) is 43.1 Å². The zero-order valence-corrected chi connectivity index (χ0v) is 9.62. The number of carbonyl (C=O) groups excluding carboxylic acids is 1. The van der Waals surface area contributed by atoms with Gasteiger partial charge in [0.05, 0.1) is 12.8 Å². The van der Waals surface area contributed by atoms with Gasteiger partial charge in [-0.15, -0.1) is 0 Å². The van der Waals surface area contributed by atoms with Crippen molar-refractivity contribution < 1.29 is 9.53 Å². The van der Waals surface area contributed by atoms with Crippen molar-refractivity contribution in [3.05, 3.63) is 35.9 Å². The number of esters is 1. The van der Waals surface area contributed by atoms with Crippen molar-refractivity contribution >= 4 is 5.97 Å². The molecule has 0 aliphatic rings. The lowest BCUT2D eigenvalue weighted by Gasteiger charge is -1.98. The fourth-order valence-electron chi connectivity index (χ4n) is 1.02. The number of aromatic nitrogens is 2. The predicted molar refractivity (Wildman–Crippen MR) is 59.1 cm³/mol. The molecular formula is C11H12N4O2. The average Bonchev–Trinajstić information content (AvgIpc) is 2.32. The van der Waals surface area contributed by atoms with Crippen LogP contribution >= 0.6 is 0 Å². The van der Waals surface area contributed by atoms with E-state index in [0.717, 1.165) is 6.20 Å². The van der Waals surface area contributed by atoms with Crippen molar-refractivity contribution in [2.75, 3.05) is 6.61 Å². The van der Waals surface area contributed by atoms with Crippen molar-refractivity contribution in [1.82, 2.24) is 9.55 Å². The molecule has 0 aromatic carbocycles. The summed E-state index contributed by atoms with van der Waals surface area (Å²) < 4.78 is 6.36. The smallest absolute Gasteiger partial charge is 0.350 e. The van der Waals surface area contributed by atoms with Crippen LogP contribution in [0.2, 0.25) is 0 Å². The van der Waals surface area contributed by atoms with Gasteiger partial charge in [0.1, 0.15) is 6.07 Å². The van der Waals surface area contributed by atoms with Crippen molar-refractivity contribution in [3.63, 3.8) is 0 Å². The number of hydrogen-bond acceptors (Lipinski definition) is 5. The molecular weight excluding hydrogens is 220 g/mol. The minimum absolute atomic E-state index is 0.155. The van der Waals surface area contributed by atoms with E-state index >= 15 is 0 Å². The molecule has 0 spiro atoms. The molecule has 17 heavy (non-hydrogen) atoms. The first-order valence-corrected chi connectivity index (χ1v) is 4.98. The molecule has 1 heterocycles. The summed E-state index contributed by atoms with van der Waals surface area (Å²) in [5, 5.41) is 8.76. The summed E-state index contributed by atoms with van der Waals surface area (Å²) in [4.78, 5) is 19.2. The van der Waals surface area contributed by atoms with Crippen LogP contribution in [0.25, 0.3) is 0 Å². The van der Waals surface area contributed by atoms with Crippen LogP contribution in [0.4, 0.5) is 0 Å². The van der Waals surface area contributed by atoms with E-state index in [2.05, 4.69) is 9.98 Å². The Kier molecular flexibility index (Phi) is 4.63. The molecule has 0 aliphatic carbocycles. The standard InChI is InChI=1S/C11H12N4O2/c1-3-17-10(16)9(7-12)8-14-11-13-5-4-6-15(11)2/h4-6,8H,3H2,1-2H3. The van der Waals surface area contributed by atoms with Crippen molar-refractivity contribution in [1.29, 1.82) is 5.26 Å². The number of rotatable bonds is 3. The maximum absolute atomic E-state index is 11.3. The molecule has 0 amide bonds. The Balaban J connectivity index is 3.04. The molecule has 0 saturated heterocycles. The SMILES string of the molecule is CCOC(=O)C(C#N)=CN=c1ncccn1C. The molecule has 0 saturated carbocycles. The maximum atomic E-state index is 11.3. The molecule has 0 N–H and O–H groups in total. The van der Waals surface area contributed by atoms with Gasteiger partial charge in [0.2, 0.25) is 5.62 Å². The molecule has 0 bridgehead atoms. The number of hydrogen-bond donors (Lipinski definition) is 0. The fourth-order valence-corrected chi connectivity index (χ4v) is 1.02. The third kappa shape index (κ3) is 3.57. The highest BCUT2D eigenvalue weighted by Crippen LogP contribution is 1.96. The van der Waals surface area contributed by atoms with Gasteiger partial charge in [-0.2, -0.15) is 5.26 Å². The number of nitrogens with zero attached hydrogens (tertiary/aromatic N) is 4. The van der Waals surface area contributed by atoms with Crippen LogP contribution in [0, 0.1) is 11.3 Å². The van der Waals surface area contributed by atoms with Crippen molar-refractivity contribution in [3.8, 4) is 6.07 Å². The molecule has 0 fully saturated rings. The second-order valence-electron chi connectivity index (χ2n) is 3.03. The van der Waals surface area contributed by atoms with E-state index < -0.39 is 5.97 Å². The monoisotopic (exact) mass is 232 g/mol. The van der Waals surface area contributed by atoms with Gasteiger partial charge >= 0.3 is 5.97 Å². The van der Waals surface area contributed by atoms with E-state index in [1.165, 1.54) is 0 Å². The van der Waals surface area contributed by atoms with Crippen LogP contribution in [-0.2, 0) is 16.6 Å². The van der Waals surface area contributed by atoms with Gasteiger partial charge in [-0.05, 0) is 13.0 Å². The van der Waals surface area contributed by atoms with E-state index in [0.29, 0.717) is 5.62 Å². The summed E-state index contributed by atoms with van der Waals surface area (Å²) in [5.74, 6) is -0.683. The second-order valence-corrected chi connectivity index (χ2v) is 3.03. The molecule has 0 unspecified atom stereocenters. The molecule has 1 rings (SSSR count). The molecule has 6 nitrogen and oxygen atoms in total.